The molecule has 1 saturated heterocycles. The van der Waals surface area contributed by atoms with Crippen LogP contribution in [-0.2, 0) is 32.2 Å². The number of allylic oxidation sites excluding steroid dienone is 1. The lowest BCUT2D eigenvalue weighted by atomic mass is 9.99. The van der Waals surface area contributed by atoms with E-state index in [1.54, 1.807) is 0 Å². The highest BCUT2D eigenvalue weighted by atomic mass is 16.7. The molecule has 0 bridgehead atoms. The molecule has 8 atom stereocenters. The van der Waals surface area contributed by atoms with Crippen LogP contribution in [-0.4, -0.2) is 82.6 Å². The summed E-state index contributed by atoms with van der Waals surface area (Å²) in [5.41, 5.74) is 11.5. The van der Waals surface area contributed by atoms with Crippen molar-refractivity contribution in [3.63, 3.8) is 0 Å². The van der Waals surface area contributed by atoms with Crippen molar-refractivity contribution < 1.29 is 39.4 Å². The maximum atomic E-state index is 10.5. The zero-order chi connectivity index (χ0) is 35.1. The van der Waals surface area contributed by atoms with Crippen LogP contribution >= 0.6 is 0 Å². The number of hydrogen-bond donors (Lipinski definition) is 4. The normalized spacial score (nSPS) is 22.8. The number of ether oxygens (including phenoxy) is 4. The molecule has 0 aromatic heterocycles. The fraction of sp³-hybridized carbons (Fsp3) is 0.632. The van der Waals surface area contributed by atoms with E-state index in [-0.39, 0.29) is 13.2 Å². The number of aliphatic hydroxyl groups is 4. The Balaban J connectivity index is 1.72. The standard InChI is InChI=1S/C38H57N3O8/c1-2-3-4-5-6-7-8-9-10-11-12-19-24-32(46-26-29-20-15-13-16-21-29)37(47-27-30-22-17-14-18-23-30)31(40-41-39)28-48-38-36(45)35(44)34(43)33(25-42)49-38/h12-23,31-38,42-45H,2-11,24-28H2,1H3/b19-12+/t31-,32+,33?,34-,35-,36?,37-,38-/m0/s1. The molecular weight excluding hydrogens is 626 g/mol. The number of benzene rings is 2. The third kappa shape index (κ3) is 14.9. The summed E-state index contributed by atoms with van der Waals surface area (Å²) in [6, 6.07) is 18.5. The molecule has 4 N–H and O–H groups in total. The summed E-state index contributed by atoms with van der Waals surface area (Å²) in [5.74, 6) is 0. The molecule has 49 heavy (non-hydrogen) atoms. The van der Waals surface area contributed by atoms with Gasteiger partial charge in [0.05, 0.1) is 44.7 Å². The molecular formula is C38H57N3O8. The molecule has 272 valence electrons. The van der Waals surface area contributed by atoms with Crippen LogP contribution in [0.1, 0.15) is 88.7 Å². The lowest BCUT2D eigenvalue weighted by Crippen LogP contribution is -2.59. The van der Waals surface area contributed by atoms with Crippen LogP contribution < -0.4 is 0 Å². The summed E-state index contributed by atoms with van der Waals surface area (Å²) < 4.78 is 24.3. The molecule has 1 aliphatic rings. The smallest absolute Gasteiger partial charge is 0.186 e. The average Bonchev–Trinajstić information content (AvgIpc) is 3.13. The van der Waals surface area contributed by atoms with Crippen molar-refractivity contribution in [3.05, 3.63) is 94.4 Å². The molecule has 0 radical (unpaired) electrons. The van der Waals surface area contributed by atoms with E-state index in [2.05, 4.69) is 29.1 Å². The first-order valence-electron chi connectivity index (χ1n) is 17.9. The molecule has 2 unspecified atom stereocenters. The molecule has 0 spiro atoms. The van der Waals surface area contributed by atoms with Crippen molar-refractivity contribution >= 4 is 0 Å². The minimum atomic E-state index is -1.60. The van der Waals surface area contributed by atoms with Crippen molar-refractivity contribution in [1.29, 1.82) is 0 Å². The number of rotatable bonds is 25. The molecule has 1 fully saturated rings. The maximum Gasteiger partial charge on any atom is 0.186 e. The quantitative estimate of drug-likeness (QED) is 0.0302. The first-order valence-corrected chi connectivity index (χ1v) is 17.9. The highest BCUT2D eigenvalue weighted by molar-refractivity contribution is 5.14. The van der Waals surface area contributed by atoms with E-state index in [1.807, 2.05) is 60.7 Å². The molecule has 1 heterocycles. The summed E-state index contributed by atoms with van der Waals surface area (Å²) in [6.07, 6.45) is 8.57. The van der Waals surface area contributed by atoms with Gasteiger partial charge in [-0.3, -0.25) is 0 Å². The van der Waals surface area contributed by atoms with Crippen molar-refractivity contribution in [2.45, 2.75) is 140 Å². The minimum Gasteiger partial charge on any atom is -0.394 e. The van der Waals surface area contributed by atoms with E-state index in [0.29, 0.717) is 13.0 Å². The van der Waals surface area contributed by atoms with Gasteiger partial charge in [0.2, 0.25) is 0 Å². The van der Waals surface area contributed by atoms with Crippen LogP contribution in [0, 0.1) is 0 Å². The Morgan fingerprint density at radius 1 is 0.796 bits per heavy atom. The second-order valence-electron chi connectivity index (χ2n) is 12.7. The summed E-state index contributed by atoms with van der Waals surface area (Å²) in [7, 11) is 0. The van der Waals surface area contributed by atoms with Gasteiger partial charge >= 0.3 is 0 Å². The van der Waals surface area contributed by atoms with Gasteiger partial charge < -0.3 is 39.4 Å². The SMILES string of the molecule is CCCCCCCCCCC/C=C/C[C@@H](OCc1ccccc1)[C@@H](OCc1ccccc1)[C@H](CO[C@H]1OC(CO)[C@H](O)[C@H](O)C1O)N=[N+]=[N-]. The summed E-state index contributed by atoms with van der Waals surface area (Å²) in [5, 5.41) is 44.6. The first kappa shape index (κ1) is 40.6. The van der Waals surface area contributed by atoms with Crippen molar-refractivity contribution in [2.75, 3.05) is 13.2 Å². The summed E-state index contributed by atoms with van der Waals surface area (Å²) >= 11 is 0. The fourth-order valence-corrected chi connectivity index (χ4v) is 5.89. The van der Waals surface area contributed by atoms with Gasteiger partial charge in [0.15, 0.2) is 6.29 Å². The van der Waals surface area contributed by atoms with Crippen LogP contribution in [0.25, 0.3) is 10.4 Å². The van der Waals surface area contributed by atoms with E-state index < -0.39 is 55.6 Å². The summed E-state index contributed by atoms with van der Waals surface area (Å²) in [4.78, 5) is 3.08. The van der Waals surface area contributed by atoms with E-state index in [4.69, 9.17) is 18.9 Å². The molecule has 2 aromatic rings. The largest absolute Gasteiger partial charge is 0.394 e. The molecule has 3 rings (SSSR count). The van der Waals surface area contributed by atoms with E-state index in [9.17, 15) is 26.0 Å². The topological polar surface area (TPSA) is 167 Å². The Hall–Kier alpha value is -2.83. The zero-order valence-corrected chi connectivity index (χ0v) is 28.9. The Morgan fingerprint density at radius 2 is 1.39 bits per heavy atom. The number of azide groups is 1. The van der Waals surface area contributed by atoms with Gasteiger partial charge in [-0.15, -0.1) is 0 Å². The Kier molecular flexibility index (Phi) is 20.2. The zero-order valence-electron chi connectivity index (χ0n) is 28.9. The minimum absolute atomic E-state index is 0.219. The van der Waals surface area contributed by atoms with Crippen molar-refractivity contribution in [2.24, 2.45) is 5.11 Å². The van der Waals surface area contributed by atoms with Gasteiger partial charge in [-0.1, -0.05) is 136 Å². The Labute approximate surface area is 291 Å². The van der Waals surface area contributed by atoms with E-state index in [0.717, 1.165) is 24.0 Å². The van der Waals surface area contributed by atoms with Crippen molar-refractivity contribution in [3.8, 4) is 0 Å². The second kappa shape index (κ2) is 24.3. The van der Waals surface area contributed by atoms with E-state index in [1.165, 1.54) is 51.4 Å². The van der Waals surface area contributed by atoms with Gasteiger partial charge in [0.25, 0.3) is 0 Å². The van der Waals surface area contributed by atoms with Gasteiger partial charge in [-0.05, 0) is 35.9 Å². The Morgan fingerprint density at radius 3 is 1.98 bits per heavy atom. The highest BCUT2D eigenvalue weighted by Gasteiger charge is 2.44. The molecule has 2 aromatic carbocycles. The second-order valence-corrected chi connectivity index (χ2v) is 12.7. The molecule has 1 aliphatic heterocycles. The number of hydrogen-bond acceptors (Lipinski definition) is 9. The number of unbranched alkanes of at least 4 members (excludes halogenated alkanes) is 9. The van der Waals surface area contributed by atoms with Crippen LogP contribution in [0.5, 0.6) is 0 Å². The predicted molar refractivity (Wildman–Crippen MR) is 188 cm³/mol. The molecule has 0 aliphatic carbocycles. The van der Waals surface area contributed by atoms with Gasteiger partial charge in [0, 0.05) is 4.91 Å². The lowest BCUT2D eigenvalue weighted by Gasteiger charge is -2.40. The lowest BCUT2D eigenvalue weighted by molar-refractivity contribution is -0.303. The van der Waals surface area contributed by atoms with Crippen LogP contribution in [0.4, 0.5) is 0 Å². The van der Waals surface area contributed by atoms with Crippen LogP contribution in [0.2, 0.25) is 0 Å². The highest BCUT2D eigenvalue weighted by Crippen LogP contribution is 2.25. The Bertz CT molecular complexity index is 1200. The average molecular weight is 684 g/mol. The monoisotopic (exact) mass is 683 g/mol. The molecule has 11 nitrogen and oxygen atoms in total. The molecule has 11 heteroatoms. The maximum absolute atomic E-state index is 10.5. The molecule has 0 amide bonds. The number of aliphatic hydroxyl groups excluding tert-OH is 4. The van der Waals surface area contributed by atoms with Gasteiger partial charge in [-0.2, -0.15) is 0 Å². The number of nitrogens with zero attached hydrogens (tertiary/aromatic N) is 3. The van der Waals surface area contributed by atoms with Gasteiger partial charge in [0.1, 0.15) is 24.4 Å². The predicted octanol–water partition coefficient (Wildman–Crippen LogP) is 6.52. The third-order valence-electron chi connectivity index (χ3n) is 8.83. The van der Waals surface area contributed by atoms with Crippen LogP contribution in [0.3, 0.4) is 0 Å². The summed E-state index contributed by atoms with van der Waals surface area (Å²) in [6.45, 7) is 1.92. The van der Waals surface area contributed by atoms with Crippen LogP contribution in [0.15, 0.2) is 77.9 Å². The first-order chi connectivity index (χ1) is 24.0. The van der Waals surface area contributed by atoms with E-state index >= 15 is 0 Å². The third-order valence-corrected chi connectivity index (χ3v) is 8.83. The molecule has 0 saturated carbocycles. The fourth-order valence-electron chi connectivity index (χ4n) is 5.89. The van der Waals surface area contributed by atoms with Crippen molar-refractivity contribution in [1.82, 2.24) is 0 Å². The van der Waals surface area contributed by atoms with Gasteiger partial charge in [-0.25, -0.2) is 0 Å².